The van der Waals surface area contributed by atoms with E-state index >= 15 is 0 Å². The van der Waals surface area contributed by atoms with Gasteiger partial charge in [-0.05, 0) is 16.8 Å². The molecule has 2 unspecified atom stereocenters. The molecule has 2 atom stereocenters. The molecule has 0 aromatic carbocycles. The van der Waals surface area contributed by atoms with Crippen LogP contribution < -0.4 is 5.32 Å². The summed E-state index contributed by atoms with van der Waals surface area (Å²) in [6, 6.07) is 0. The number of nitrogens with one attached hydrogen (secondary N) is 1. The van der Waals surface area contributed by atoms with E-state index in [1.807, 2.05) is 6.92 Å². The first-order chi connectivity index (χ1) is 7.84. The number of nitro groups is 1. The van der Waals surface area contributed by atoms with E-state index in [-0.39, 0.29) is 11.1 Å². The SMILES string of the molecule is Cc1nc([N+](=O)[O-])c(NCC(C)S(C)=O)n1C. The van der Waals surface area contributed by atoms with E-state index in [0.29, 0.717) is 18.2 Å². The molecule has 1 heterocycles. The topological polar surface area (TPSA) is 90.1 Å². The lowest BCUT2D eigenvalue weighted by Gasteiger charge is -2.10. The zero-order valence-corrected chi connectivity index (χ0v) is 11.1. The Bertz CT molecular complexity index is 457. The van der Waals surface area contributed by atoms with Gasteiger partial charge in [0.15, 0.2) is 0 Å². The quantitative estimate of drug-likeness (QED) is 0.625. The molecule has 0 amide bonds. The number of hydrogen-bond acceptors (Lipinski definition) is 5. The molecule has 0 spiro atoms. The molecule has 0 radical (unpaired) electrons. The van der Waals surface area contributed by atoms with Gasteiger partial charge in [0.2, 0.25) is 11.6 Å². The van der Waals surface area contributed by atoms with Gasteiger partial charge >= 0.3 is 5.82 Å². The number of imidazole rings is 1. The van der Waals surface area contributed by atoms with E-state index < -0.39 is 15.7 Å². The molecule has 0 fully saturated rings. The summed E-state index contributed by atoms with van der Waals surface area (Å²) in [6.45, 7) is 3.92. The smallest absolute Gasteiger partial charge is 0.363 e. The van der Waals surface area contributed by atoms with Crippen molar-refractivity contribution in [1.82, 2.24) is 9.55 Å². The molecule has 1 N–H and O–H groups in total. The molecule has 1 aromatic heterocycles. The second kappa shape index (κ2) is 5.26. The highest BCUT2D eigenvalue weighted by atomic mass is 32.2. The Kier molecular flexibility index (Phi) is 4.22. The Morgan fingerprint density at radius 3 is 2.71 bits per heavy atom. The van der Waals surface area contributed by atoms with E-state index in [1.54, 1.807) is 24.8 Å². The van der Waals surface area contributed by atoms with Gasteiger partial charge < -0.3 is 15.4 Å². The lowest BCUT2D eigenvalue weighted by molar-refractivity contribution is -0.388. The summed E-state index contributed by atoms with van der Waals surface area (Å²) >= 11 is 0. The van der Waals surface area contributed by atoms with Gasteiger partial charge in [0.05, 0.1) is 0 Å². The average Bonchev–Trinajstić information content (AvgIpc) is 2.52. The Balaban J connectivity index is 2.90. The molecule has 0 saturated heterocycles. The summed E-state index contributed by atoms with van der Waals surface area (Å²) in [6.07, 6.45) is 1.61. The van der Waals surface area contributed by atoms with Crippen molar-refractivity contribution in [2.45, 2.75) is 19.1 Å². The summed E-state index contributed by atoms with van der Waals surface area (Å²) in [4.78, 5) is 14.1. The Labute approximate surface area is 102 Å². The molecule has 0 aliphatic heterocycles. The van der Waals surface area contributed by atoms with Crippen LogP contribution in [0.4, 0.5) is 11.6 Å². The van der Waals surface area contributed by atoms with Crippen molar-refractivity contribution in [2.24, 2.45) is 7.05 Å². The van der Waals surface area contributed by atoms with Crippen molar-refractivity contribution < 1.29 is 9.13 Å². The lowest BCUT2D eigenvalue weighted by Crippen LogP contribution is -2.22. The molecule has 7 nitrogen and oxygen atoms in total. The van der Waals surface area contributed by atoms with Gasteiger partial charge in [0.1, 0.15) is 0 Å². The highest BCUT2D eigenvalue weighted by molar-refractivity contribution is 7.84. The van der Waals surface area contributed by atoms with Gasteiger partial charge in [-0.15, -0.1) is 0 Å². The highest BCUT2D eigenvalue weighted by Crippen LogP contribution is 2.23. The molecule has 17 heavy (non-hydrogen) atoms. The van der Waals surface area contributed by atoms with Gasteiger partial charge in [-0.2, -0.15) is 0 Å². The zero-order valence-electron chi connectivity index (χ0n) is 10.3. The van der Waals surface area contributed by atoms with Crippen LogP contribution in [0.3, 0.4) is 0 Å². The van der Waals surface area contributed by atoms with E-state index in [4.69, 9.17) is 0 Å². The van der Waals surface area contributed by atoms with Crippen LogP contribution in [0.1, 0.15) is 12.7 Å². The molecule has 0 aliphatic carbocycles. The normalized spacial score (nSPS) is 14.4. The standard InChI is InChI=1S/C9H16N4O3S/c1-6(17(4)16)5-10-8-9(13(14)15)11-7(2)12(8)3/h6,10H,5H2,1-4H3. The number of aromatic nitrogens is 2. The predicted octanol–water partition coefficient (Wildman–Crippen LogP) is 0.816. The van der Waals surface area contributed by atoms with Crippen LogP contribution in [0.2, 0.25) is 0 Å². The van der Waals surface area contributed by atoms with Crippen LogP contribution in [0.25, 0.3) is 0 Å². The number of rotatable bonds is 5. The van der Waals surface area contributed by atoms with Crippen LogP contribution in [0.15, 0.2) is 0 Å². The molecule has 96 valence electrons. The molecule has 1 rings (SSSR count). The van der Waals surface area contributed by atoms with Crippen LogP contribution in [0.5, 0.6) is 0 Å². The van der Waals surface area contributed by atoms with Gasteiger partial charge in [0.25, 0.3) is 0 Å². The number of aryl methyl sites for hydroxylation is 1. The van der Waals surface area contributed by atoms with Gasteiger partial charge in [-0.25, -0.2) is 0 Å². The number of nitrogens with zero attached hydrogens (tertiary/aromatic N) is 3. The summed E-state index contributed by atoms with van der Waals surface area (Å²) in [5.74, 6) is 0.716. The van der Waals surface area contributed by atoms with Crippen molar-refractivity contribution in [2.75, 3.05) is 18.1 Å². The van der Waals surface area contributed by atoms with Crippen molar-refractivity contribution in [3.05, 3.63) is 15.9 Å². The fourth-order valence-corrected chi connectivity index (χ4v) is 1.59. The van der Waals surface area contributed by atoms with Crippen molar-refractivity contribution >= 4 is 22.4 Å². The molecular formula is C9H16N4O3S. The zero-order chi connectivity index (χ0) is 13.2. The fourth-order valence-electron chi connectivity index (χ4n) is 1.28. The minimum atomic E-state index is -0.963. The van der Waals surface area contributed by atoms with Crippen molar-refractivity contribution in [3.8, 4) is 0 Å². The largest absolute Gasteiger partial charge is 0.406 e. The summed E-state index contributed by atoms with van der Waals surface area (Å²) in [5, 5.41) is 13.6. The summed E-state index contributed by atoms with van der Waals surface area (Å²) in [7, 11) is 0.737. The molecule has 0 aliphatic rings. The first kappa shape index (κ1) is 13.6. The molecule has 1 aromatic rings. The Morgan fingerprint density at radius 2 is 2.24 bits per heavy atom. The van der Waals surface area contributed by atoms with Crippen LogP contribution >= 0.6 is 0 Å². The van der Waals surface area contributed by atoms with E-state index in [0.717, 1.165) is 0 Å². The predicted molar refractivity (Wildman–Crippen MR) is 66.6 cm³/mol. The second-order valence-electron chi connectivity index (χ2n) is 3.84. The van der Waals surface area contributed by atoms with Gasteiger partial charge in [-0.1, -0.05) is 0 Å². The average molecular weight is 260 g/mol. The van der Waals surface area contributed by atoms with Crippen molar-refractivity contribution in [1.29, 1.82) is 0 Å². The minimum absolute atomic E-state index is 0.0789. The first-order valence-electron chi connectivity index (χ1n) is 5.08. The van der Waals surface area contributed by atoms with Gasteiger partial charge in [0, 0.05) is 42.8 Å². The maximum atomic E-state index is 11.2. The second-order valence-corrected chi connectivity index (χ2v) is 5.64. The number of anilines is 1. The molecule has 8 heteroatoms. The maximum Gasteiger partial charge on any atom is 0.406 e. The number of hydrogen-bond donors (Lipinski definition) is 1. The third-order valence-electron chi connectivity index (χ3n) is 2.60. The monoisotopic (exact) mass is 260 g/mol. The fraction of sp³-hybridized carbons (Fsp3) is 0.667. The van der Waals surface area contributed by atoms with E-state index in [9.17, 15) is 14.3 Å². The van der Waals surface area contributed by atoms with E-state index in [2.05, 4.69) is 10.3 Å². The van der Waals surface area contributed by atoms with Crippen molar-refractivity contribution in [3.63, 3.8) is 0 Å². The van der Waals surface area contributed by atoms with Crippen LogP contribution in [0, 0.1) is 17.0 Å². The molecular weight excluding hydrogens is 244 g/mol. The third-order valence-corrected chi connectivity index (χ3v) is 3.90. The summed E-state index contributed by atoms with van der Waals surface area (Å²) < 4.78 is 12.8. The van der Waals surface area contributed by atoms with E-state index in [1.165, 1.54) is 0 Å². The van der Waals surface area contributed by atoms with Gasteiger partial charge in [-0.3, -0.25) is 8.78 Å². The van der Waals surface area contributed by atoms with Crippen LogP contribution in [-0.4, -0.2) is 36.7 Å². The molecule has 0 bridgehead atoms. The highest BCUT2D eigenvalue weighted by Gasteiger charge is 2.23. The maximum absolute atomic E-state index is 11.2. The third kappa shape index (κ3) is 3.02. The molecule has 0 saturated carbocycles. The minimum Gasteiger partial charge on any atom is -0.363 e. The Morgan fingerprint density at radius 1 is 1.65 bits per heavy atom. The Hall–Kier alpha value is -1.44. The lowest BCUT2D eigenvalue weighted by atomic mass is 10.4. The summed E-state index contributed by atoms with van der Waals surface area (Å²) in [5.41, 5.74) is 0. The first-order valence-corrected chi connectivity index (χ1v) is 6.70. The van der Waals surface area contributed by atoms with Crippen LogP contribution in [-0.2, 0) is 17.8 Å².